The van der Waals surface area contributed by atoms with Crippen LogP contribution < -0.4 is 5.32 Å². The van der Waals surface area contributed by atoms with Gasteiger partial charge in [0.05, 0.1) is 0 Å². The lowest BCUT2D eigenvalue weighted by molar-refractivity contribution is 0.0124. The fourth-order valence-corrected chi connectivity index (χ4v) is 1.58. The topological polar surface area (TPSA) is 41.6 Å². The Morgan fingerprint density at radius 3 is 2.80 bits per heavy atom. The fraction of sp³-hybridized carbons (Fsp3) is 0.818. The molecule has 0 aromatic carbocycles. The van der Waals surface area contributed by atoms with E-state index in [-0.39, 0.29) is 12.1 Å². The van der Waals surface area contributed by atoms with Crippen LogP contribution in [0.4, 0.5) is 4.79 Å². The van der Waals surface area contributed by atoms with Crippen LogP contribution in [-0.4, -0.2) is 42.3 Å². The molecule has 0 aliphatic carbocycles. The summed E-state index contributed by atoms with van der Waals surface area (Å²) in [6.45, 7) is 11.8. The molecule has 0 aromatic rings. The summed E-state index contributed by atoms with van der Waals surface area (Å²) in [5.41, 5.74) is -0.423. The standard InChI is InChI=1S/C11H21N2O2/c1-5-9-8-12-6-7-13(9)10(14)15-11(2,3)4/h9,12H,1,5-8H2,2-4H3/q-1. The molecular weight excluding hydrogens is 192 g/mol. The van der Waals surface area contributed by atoms with Gasteiger partial charge in [0.1, 0.15) is 5.60 Å². The number of hydrogen-bond donors (Lipinski definition) is 1. The van der Waals surface area contributed by atoms with Crippen LogP contribution in [-0.2, 0) is 4.74 Å². The van der Waals surface area contributed by atoms with Crippen molar-refractivity contribution in [1.82, 2.24) is 10.2 Å². The minimum absolute atomic E-state index is 0.161. The summed E-state index contributed by atoms with van der Waals surface area (Å²) in [6.07, 6.45) is 0.490. The number of carbonyl (C=O) groups is 1. The number of hydrogen-bond acceptors (Lipinski definition) is 3. The number of carbonyl (C=O) groups excluding carboxylic acids is 1. The lowest BCUT2D eigenvalue weighted by atomic mass is 10.1. The van der Waals surface area contributed by atoms with Gasteiger partial charge in [0, 0.05) is 25.7 Å². The van der Waals surface area contributed by atoms with Crippen molar-refractivity contribution in [3.63, 3.8) is 0 Å². The Balaban J connectivity index is 2.56. The zero-order valence-electron chi connectivity index (χ0n) is 9.88. The number of nitrogens with one attached hydrogen (secondary N) is 1. The van der Waals surface area contributed by atoms with Gasteiger partial charge < -0.3 is 21.9 Å². The van der Waals surface area contributed by atoms with E-state index in [9.17, 15) is 4.79 Å². The van der Waals surface area contributed by atoms with Gasteiger partial charge in [-0.05, 0) is 20.8 Å². The van der Waals surface area contributed by atoms with Crippen LogP contribution in [0.5, 0.6) is 0 Å². The predicted molar refractivity (Wildman–Crippen MR) is 59.6 cm³/mol. The average molecular weight is 213 g/mol. The molecule has 1 heterocycles. The van der Waals surface area contributed by atoms with E-state index in [1.807, 2.05) is 20.8 Å². The van der Waals surface area contributed by atoms with Crippen LogP contribution in [0.3, 0.4) is 0 Å². The summed E-state index contributed by atoms with van der Waals surface area (Å²) in [5, 5.41) is 3.24. The second-order valence-corrected chi connectivity index (χ2v) is 4.82. The molecule has 1 unspecified atom stereocenters. The first-order chi connectivity index (χ1) is 6.94. The molecule has 0 bridgehead atoms. The number of rotatable bonds is 1. The molecule has 1 atom stereocenters. The molecule has 0 radical (unpaired) electrons. The highest BCUT2D eigenvalue weighted by molar-refractivity contribution is 5.68. The Morgan fingerprint density at radius 1 is 1.60 bits per heavy atom. The van der Waals surface area contributed by atoms with Gasteiger partial charge in [0.2, 0.25) is 0 Å². The molecule has 1 saturated heterocycles. The predicted octanol–water partition coefficient (Wildman–Crippen LogP) is 1.42. The molecule has 1 fully saturated rings. The molecule has 15 heavy (non-hydrogen) atoms. The van der Waals surface area contributed by atoms with Crippen molar-refractivity contribution in [3.8, 4) is 0 Å². The smallest absolute Gasteiger partial charge is 0.410 e. The van der Waals surface area contributed by atoms with Gasteiger partial charge in [-0.2, -0.15) is 6.42 Å². The highest BCUT2D eigenvalue weighted by atomic mass is 16.6. The zero-order chi connectivity index (χ0) is 11.5. The number of amides is 1. The highest BCUT2D eigenvalue weighted by Crippen LogP contribution is 2.14. The largest absolute Gasteiger partial charge is 0.444 e. The van der Waals surface area contributed by atoms with E-state index >= 15 is 0 Å². The Kier molecular flexibility index (Phi) is 3.97. The van der Waals surface area contributed by atoms with Gasteiger partial charge in [0.15, 0.2) is 0 Å². The quantitative estimate of drug-likeness (QED) is 0.670. The third-order valence-corrected chi connectivity index (χ3v) is 2.31. The minimum atomic E-state index is -0.423. The molecule has 1 N–H and O–H groups in total. The Hall–Kier alpha value is -0.770. The van der Waals surface area contributed by atoms with Crippen LogP contribution in [0.15, 0.2) is 0 Å². The molecule has 4 heteroatoms. The molecule has 1 aliphatic rings. The van der Waals surface area contributed by atoms with Crippen LogP contribution >= 0.6 is 0 Å². The normalized spacial score (nSPS) is 22.7. The molecular formula is C11H21N2O2-. The van der Waals surface area contributed by atoms with Crippen molar-refractivity contribution in [2.45, 2.75) is 38.8 Å². The zero-order valence-corrected chi connectivity index (χ0v) is 9.88. The number of nitrogens with zero attached hydrogens (tertiary/aromatic N) is 1. The van der Waals surface area contributed by atoms with Crippen molar-refractivity contribution in [2.24, 2.45) is 0 Å². The van der Waals surface area contributed by atoms with Gasteiger partial charge in [-0.25, -0.2) is 4.79 Å². The molecule has 1 rings (SSSR count). The molecule has 0 aromatic heterocycles. The Labute approximate surface area is 92.0 Å². The van der Waals surface area contributed by atoms with Crippen molar-refractivity contribution in [1.29, 1.82) is 0 Å². The van der Waals surface area contributed by atoms with Crippen LogP contribution in [0.1, 0.15) is 27.2 Å². The monoisotopic (exact) mass is 213 g/mol. The van der Waals surface area contributed by atoms with Gasteiger partial charge >= 0.3 is 6.09 Å². The van der Waals surface area contributed by atoms with E-state index < -0.39 is 5.60 Å². The summed E-state index contributed by atoms with van der Waals surface area (Å²) < 4.78 is 5.34. The van der Waals surface area contributed by atoms with Crippen molar-refractivity contribution < 1.29 is 9.53 Å². The molecule has 0 saturated carbocycles. The summed E-state index contributed by atoms with van der Waals surface area (Å²) in [7, 11) is 0. The number of ether oxygens (including phenoxy) is 1. The minimum Gasteiger partial charge on any atom is -0.444 e. The highest BCUT2D eigenvalue weighted by Gasteiger charge is 2.27. The Morgan fingerprint density at radius 2 is 2.27 bits per heavy atom. The lowest BCUT2D eigenvalue weighted by Crippen LogP contribution is -2.54. The average Bonchev–Trinajstić information content (AvgIpc) is 2.15. The third-order valence-electron chi connectivity index (χ3n) is 2.31. The van der Waals surface area contributed by atoms with E-state index in [2.05, 4.69) is 12.2 Å². The third kappa shape index (κ3) is 3.70. The summed E-state index contributed by atoms with van der Waals surface area (Å²) >= 11 is 0. The summed E-state index contributed by atoms with van der Waals surface area (Å²) in [4.78, 5) is 13.6. The molecule has 1 aliphatic heterocycles. The maximum absolute atomic E-state index is 11.8. The van der Waals surface area contributed by atoms with Crippen LogP contribution in [0.25, 0.3) is 0 Å². The lowest BCUT2D eigenvalue weighted by Gasteiger charge is -2.38. The fourth-order valence-electron chi connectivity index (χ4n) is 1.58. The van der Waals surface area contributed by atoms with E-state index in [0.717, 1.165) is 13.1 Å². The summed E-state index contributed by atoms with van der Waals surface area (Å²) in [5.74, 6) is 0. The van der Waals surface area contributed by atoms with Gasteiger partial charge in [0.25, 0.3) is 0 Å². The summed E-state index contributed by atoms with van der Waals surface area (Å²) in [6, 6.07) is 0.161. The van der Waals surface area contributed by atoms with E-state index in [1.54, 1.807) is 4.90 Å². The maximum Gasteiger partial charge on any atom is 0.410 e. The molecule has 4 nitrogen and oxygen atoms in total. The van der Waals surface area contributed by atoms with Gasteiger partial charge in [-0.1, -0.05) is 0 Å². The van der Waals surface area contributed by atoms with Crippen molar-refractivity contribution in [3.05, 3.63) is 6.92 Å². The van der Waals surface area contributed by atoms with Gasteiger partial charge in [-0.15, -0.1) is 0 Å². The maximum atomic E-state index is 11.8. The molecule has 0 spiro atoms. The van der Waals surface area contributed by atoms with E-state index in [0.29, 0.717) is 13.0 Å². The van der Waals surface area contributed by atoms with E-state index in [4.69, 9.17) is 4.74 Å². The van der Waals surface area contributed by atoms with Gasteiger partial charge in [-0.3, -0.25) is 0 Å². The first-order valence-corrected chi connectivity index (χ1v) is 5.43. The molecule has 88 valence electrons. The van der Waals surface area contributed by atoms with E-state index in [1.165, 1.54) is 0 Å². The first kappa shape index (κ1) is 12.3. The second kappa shape index (κ2) is 4.84. The first-order valence-electron chi connectivity index (χ1n) is 5.43. The van der Waals surface area contributed by atoms with Crippen molar-refractivity contribution >= 4 is 6.09 Å². The number of piperazine rings is 1. The van der Waals surface area contributed by atoms with Crippen LogP contribution in [0.2, 0.25) is 0 Å². The van der Waals surface area contributed by atoms with Crippen molar-refractivity contribution in [2.75, 3.05) is 19.6 Å². The Bertz CT molecular complexity index is 223. The molecule has 1 amide bonds. The SMILES string of the molecule is [CH2-]CC1CNCCN1C(=O)OC(C)(C)C. The second-order valence-electron chi connectivity index (χ2n) is 4.82. The van der Waals surface area contributed by atoms with Crippen LogP contribution in [0, 0.1) is 6.92 Å².